The van der Waals surface area contributed by atoms with Crippen molar-refractivity contribution in [3.8, 4) is 0 Å². The molecule has 0 spiro atoms. The van der Waals surface area contributed by atoms with Crippen LogP contribution in [0.4, 0.5) is 11.4 Å². The lowest BCUT2D eigenvalue weighted by Gasteiger charge is -2.17. The maximum absolute atomic E-state index is 12.9. The Morgan fingerprint density at radius 3 is 2.83 bits per heavy atom. The van der Waals surface area contributed by atoms with Crippen LogP contribution >= 0.6 is 0 Å². The molecule has 0 radical (unpaired) electrons. The smallest absolute Gasteiger partial charge is 0.311 e. The van der Waals surface area contributed by atoms with Gasteiger partial charge in [0.2, 0.25) is 0 Å². The van der Waals surface area contributed by atoms with Gasteiger partial charge in [0.15, 0.2) is 0 Å². The van der Waals surface area contributed by atoms with Crippen LogP contribution in [0.15, 0.2) is 28.9 Å². The second kappa shape index (κ2) is 5.80. The van der Waals surface area contributed by atoms with Crippen LogP contribution in [-0.4, -0.2) is 28.5 Å². The average Bonchev–Trinajstić information content (AvgIpc) is 3.09. The summed E-state index contributed by atoms with van der Waals surface area (Å²) >= 11 is 0. The van der Waals surface area contributed by atoms with E-state index >= 15 is 0 Å². The molecule has 1 aromatic carbocycles. The minimum absolute atomic E-state index is 0.0162. The summed E-state index contributed by atoms with van der Waals surface area (Å²) in [5.74, 6) is -1.42. The second-order valence-corrected chi connectivity index (χ2v) is 5.53. The zero-order valence-corrected chi connectivity index (χ0v) is 12.8. The summed E-state index contributed by atoms with van der Waals surface area (Å²) in [5.41, 5.74) is 1.72. The van der Waals surface area contributed by atoms with Crippen molar-refractivity contribution in [3.05, 3.63) is 57.0 Å². The fourth-order valence-electron chi connectivity index (χ4n) is 2.99. The molecule has 2 aromatic rings. The lowest BCUT2D eigenvalue weighted by molar-refractivity contribution is -0.385. The number of nitro groups is 1. The van der Waals surface area contributed by atoms with Crippen LogP contribution in [0.2, 0.25) is 0 Å². The van der Waals surface area contributed by atoms with Gasteiger partial charge in [-0.25, -0.2) is 0 Å². The van der Waals surface area contributed by atoms with Gasteiger partial charge in [0.1, 0.15) is 12.2 Å². The summed E-state index contributed by atoms with van der Waals surface area (Å²) in [4.78, 5) is 35.9. The summed E-state index contributed by atoms with van der Waals surface area (Å²) in [6, 6.07) is 4.59. The molecule has 1 amide bonds. The number of aryl methyl sites for hydroxylation is 1. The van der Waals surface area contributed by atoms with E-state index in [4.69, 9.17) is 9.52 Å². The number of carbonyl (C=O) groups excluding carboxylic acids is 1. The van der Waals surface area contributed by atoms with Crippen molar-refractivity contribution in [1.82, 2.24) is 0 Å². The highest BCUT2D eigenvalue weighted by atomic mass is 16.6. The predicted molar refractivity (Wildman–Crippen MR) is 83.3 cm³/mol. The fourth-order valence-corrected chi connectivity index (χ4v) is 2.99. The molecule has 0 unspecified atom stereocenters. The number of fused-ring (bicyclic) bond motifs is 1. The van der Waals surface area contributed by atoms with E-state index in [1.54, 1.807) is 13.0 Å². The van der Waals surface area contributed by atoms with Gasteiger partial charge in [-0.2, -0.15) is 0 Å². The predicted octanol–water partition coefficient (Wildman–Crippen LogP) is 2.33. The first kappa shape index (κ1) is 15.7. The van der Waals surface area contributed by atoms with Gasteiger partial charge < -0.3 is 14.4 Å². The van der Waals surface area contributed by atoms with E-state index in [-0.39, 0.29) is 17.0 Å². The number of carboxylic acids is 1. The normalized spacial score (nSPS) is 13.0. The van der Waals surface area contributed by atoms with Gasteiger partial charge in [0.25, 0.3) is 11.6 Å². The third-order valence-corrected chi connectivity index (χ3v) is 4.02. The minimum Gasteiger partial charge on any atom is -0.481 e. The number of furan rings is 1. The summed E-state index contributed by atoms with van der Waals surface area (Å²) < 4.78 is 5.20. The van der Waals surface area contributed by atoms with Crippen molar-refractivity contribution in [1.29, 1.82) is 0 Å². The number of aliphatic carboxylic acids is 1. The highest BCUT2D eigenvalue weighted by Crippen LogP contribution is 2.36. The van der Waals surface area contributed by atoms with Crippen molar-refractivity contribution in [2.24, 2.45) is 0 Å². The van der Waals surface area contributed by atoms with E-state index < -0.39 is 23.2 Å². The average molecular weight is 330 g/mol. The zero-order valence-electron chi connectivity index (χ0n) is 12.8. The summed E-state index contributed by atoms with van der Waals surface area (Å²) in [7, 11) is 0. The Morgan fingerprint density at radius 1 is 1.42 bits per heavy atom. The number of nitrogens with zero attached hydrogens (tertiary/aromatic N) is 2. The Labute approximate surface area is 136 Å². The van der Waals surface area contributed by atoms with Crippen LogP contribution in [-0.2, 0) is 17.6 Å². The number of carbonyl (C=O) groups is 2. The molecule has 0 bridgehead atoms. The molecule has 1 N–H and O–H groups in total. The maximum Gasteiger partial charge on any atom is 0.311 e. The number of anilines is 1. The third kappa shape index (κ3) is 2.51. The Balaban J connectivity index is 2.01. The number of amides is 1. The van der Waals surface area contributed by atoms with Crippen molar-refractivity contribution in [2.45, 2.75) is 19.8 Å². The molecule has 0 aliphatic carbocycles. The molecular weight excluding hydrogens is 316 g/mol. The van der Waals surface area contributed by atoms with Crippen LogP contribution in [0, 0.1) is 17.0 Å². The summed E-state index contributed by atoms with van der Waals surface area (Å²) in [5, 5.41) is 20.1. The maximum atomic E-state index is 12.9. The fraction of sp³-hybridized carbons (Fsp3) is 0.250. The van der Waals surface area contributed by atoms with Gasteiger partial charge >= 0.3 is 5.97 Å². The Morgan fingerprint density at radius 2 is 2.17 bits per heavy atom. The number of hydrogen-bond acceptors (Lipinski definition) is 5. The van der Waals surface area contributed by atoms with E-state index in [9.17, 15) is 19.7 Å². The van der Waals surface area contributed by atoms with E-state index in [0.29, 0.717) is 29.8 Å². The number of carboxylic acid groups (broad SMARTS) is 1. The van der Waals surface area contributed by atoms with E-state index in [1.807, 2.05) is 0 Å². The molecule has 1 aliphatic rings. The van der Waals surface area contributed by atoms with Gasteiger partial charge in [0.05, 0.1) is 28.0 Å². The quantitative estimate of drug-likeness (QED) is 0.680. The molecule has 0 atom stereocenters. The molecule has 0 saturated carbocycles. The van der Waals surface area contributed by atoms with Crippen molar-refractivity contribution < 1.29 is 24.0 Å². The van der Waals surface area contributed by atoms with Crippen LogP contribution in [0.3, 0.4) is 0 Å². The van der Waals surface area contributed by atoms with Gasteiger partial charge in [0, 0.05) is 18.2 Å². The van der Waals surface area contributed by atoms with Crippen LogP contribution in [0.25, 0.3) is 0 Å². The molecule has 1 aromatic heterocycles. The summed E-state index contributed by atoms with van der Waals surface area (Å²) in [6.45, 7) is 1.96. The molecule has 24 heavy (non-hydrogen) atoms. The Hall–Kier alpha value is -3.16. The van der Waals surface area contributed by atoms with Crippen molar-refractivity contribution in [2.75, 3.05) is 11.4 Å². The first-order valence-corrected chi connectivity index (χ1v) is 7.27. The number of rotatable bonds is 4. The number of nitro benzene ring substituents is 1. The first-order valence-electron chi connectivity index (χ1n) is 7.27. The lowest BCUT2D eigenvalue weighted by atomic mass is 10.1. The van der Waals surface area contributed by atoms with Crippen LogP contribution < -0.4 is 4.90 Å². The molecule has 8 heteroatoms. The molecule has 124 valence electrons. The van der Waals surface area contributed by atoms with Crippen LogP contribution in [0.5, 0.6) is 0 Å². The van der Waals surface area contributed by atoms with Gasteiger partial charge in [-0.05, 0) is 19.4 Å². The highest BCUT2D eigenvalue weighted by Gasteiger charge is 2.33. The SMILES string of the molecule is Cc1coc(CC(=O)O)c1C(=O)N1CCc2c1cccc2[N+](=O)[O-]. The Bertz CT molecular complexity index is 854. The van der Waals surface area contributed by atoms with Crippen LogP contribution in [0.1, 0.15) is 27.2 Å². The molecule has 0 saturated heterocycles. The topological polar surface area (TPSA) is 114 Å². The largest absolute Gasteiger partial charge is 0.481 e. The molecule has 2 heterocycles. The zero-order chi connectivity index (χ0) is 17.4. The Kier molecular flexibility index (Phi) is 3.80. The number of benzene rings is 1. The monoisotopic (exact) mass is 330 g/mol. The van der Waals surface area contributed by atoms with Crippen molar-refractivity contribution in [3.63, 3.8) is 0 Å². The summed E-state index contributed by atoms with van der Waals surface area (Å²) in [6.07, 6.45) is 1.32. The minimum atomic E-state index is -1.10. The number of hydrogen-bond donors (Lipinski definition) is 1. The van der Waals surface area contributed by atoms with Crippen molar-refractivity contribution >= 4 is 23.3 Å². The molecule has 3 rings (SSSR count). The van der Waals surface area contributed by atoms with E-state index in [2.05, 4.69) is 0 Å². The molecular formula is C16H14N2O6. The standard InChI is InChI=1S/C16H14N2O6/c1-9-8-24-13(7-14(19)20)15(9)16(21)17-6-5-10-11(17)3-2-4-12(10)18(22)23/h2-4,8H,5-7H2,1H3,(H,19,20). The third-order valence-electron chi connectivity index (χ3n) is 4.02. The van der Waals surface area contributed by atoms with E-state index in [0.717, 1.165) is 0 Å². The van der Waals surface area contributed by atoms with E-state index in [1.165, 1.54) is 23.3 Å². The second-order valence-electron chi connectivity index (χ2n) is 5.53. The molecule has 1 aliphatic heterocycles. The van der Waals surface area contributed by atoms with Gasteiger partial charge in [-0.3, -0.25) is 19.7 Å². The first-order chi connectivity index (χ1) is 11.4. The van der Waals surface area contributed by atoms with Gasteiger partial charge in [-0.1, -0.05) is 6.07 Å². The van der Waals surface area contributed by atoms with Gasteiger partial charge in [-0.15, -0.1) is 0 Å². The highest BCUT2D eigenvalue weighted by molar-refractivity contribution is 6.09. The molecule has 8 nitrogen and oxygen atoms in total. The molecule has 0 fully saturated rings. The lowest BCUT2D eigenvalue weighted by Crippen LogP contribution is -2.30.